The Bertz CT molecular complexity index is 978. The fourth-order valence-electron chi connectivity index (χ4n) is 6.50. The highest BCUT2D eigenvalue weighted by Gasteiger charge is 2.57. The molecular formula is C30H46N4O3. The molecule has 7 nitrogen and oxygen atoms in total. The van der Waals surface area contributed by atoms with Crippen molar-refractivity contribution in [1.29, 1.82) is 0 Å². The van der Waals surface area contributed by atoms with Gasteiger partial charge in [0.1, 0.15) is 5.54 Å². The zero-order chi connectivity index (χ0) is 27.0. The highest BCUT2D eigenvalue weighted by Crippen LogP contribution is 2.40. The van der Waals surface area contributed by atoms with Crippen molar-refractivity contribution < 1.29 is 14.4 Å². The maximum absolute atomic E-state index is 13.4. The highest BCUT2D eigenvalue weighted by atomic mass is 16.2. The van der Waals surface area contributed by atoms with Gasteiger partial charge in [0.25, 0.3) is 5.91 Å². The van der Waals surface area contributed by atoms with Crippen LogP contribution in [0, 0.1) is 17.3 Å². The summed E-state index contributed by atoms with van der Waals surface area (Å²) in [7, 11) is 0. The van der Waals surface area contributed by atoms with Gasteiger partial charge < -0.3 is 14.7 Å². The summed E-state index contributed by atoms with van der Waals surface area (Å²) in [6, 6.07) is 10.5. The molecule has 1 aromatic rings. The molecule has 0 N–H and O–H groups in total. The van der Waals surface area contributed by atoms with Crippen molar-refractivity contribution in [3.05, 3.63) is 35.9 Å². The zero-order valence-electron chi connectivity index (χ0n) is 23.7. The van der Waals surface area contributed by atoms with E-state index in [1.807, 2.05) is 17.9 Å². The van der Waals surface area contributed by atoms with Gasteiger partial charge in [-0.25, -0.2) is 4.79 Å². The van der Waals surface area contributed by atoms with Crippen molar-refractivity contribution in [2.75, 3.05) is 45.8 Å². The van der Waals surface area contributed by atoms with E-state index in [4.69, 9.17) is 0 Å². The lowest BCUT2D eigenvalue weighted by atomic mass is 9.83. The molecule has 3 saturated heterocycles. The van der Waals surface area contributed by atoms with Crippen molar-refractivity contribution in [3.63, 3.8) is 0 Å². The van der Waals surface area contributed by atoms with E-state index in [1.54, 1.807) is 0 Å². The standard InChI is InChI=1S/C30H46N4O3/c1-7-33-27(36)30(34(28(33)37)18-22(2)3)13-15-31(16-14-30)19-24-20-32(26(35)17-29(4,5)6)21-25(24)23-11-9-8-10-12-23/h8-12,22,24-25H,7,13-21H2,1-6H3/t24-,25+/m0/s1. The van der Waals surface area contributed by atoms with Gasteiger partial charge >= 0.3 is 6.03 Å². The molecule has 37 heavy (non-hydrogen) atoms. The van der Waals surface area contributed by atoms with Crippen LogP contribution in [0.5, 0.6) is 0 Å². The number of hydrogen-bond donors (Lipinski definition) is 0. The van der Waals surface area contributed by atoms with E-state index in [-0.39, 0.29) is 23.3 Å². The number of imide groups is 1. The fourth-order valence-corrected chi connectivity index (χ4v) is 6.50. The largest absolute Gasteiger partial charge is 0.342 e. The topological polar surface area (TPSA) is 64.2 Å². The summed E-state index contributed by atoms with van der Waals surface area (Å²) in [4.78, 5) is 47.5. The first-order valence-electron chi connectivity index (χ1n) is 14.1. The number of carbonyl (C=O) groups is 3. The molecule has 3 heterocycles. The van der Waals surface area contributed by atoms with E-state index < -0.39 is 5.54 Å². The van der Waals surface area contributed by atoms with Gasteiger partial charge in [-0.1, -0.05) is 65.0 Å². The summed E-state index contributed by atoms with van der Waals surface area (Å²) < 4.78 is 0. The van der Waals surface area contributed by atoms with E-state index in [0.717, 1.165) is 32.7 Å². The van der Waals surface area contributed by atoms with Crippen LogP contribution in [-0.4, -0.2) is 88.8 Å². The number of amides is 4. The second-order valence-electron chi connectivity index (χ2n) is 13.0. The van der Waals surface area contributed by atoms with Crippen LogP contribution in [0.15, 0.2) is 30.3 Å². The lowest BCUT2D eigenvalue weighted by Gasteiger charge is -2.43. The number of nitrogens with zero attached hydrogens (tertiary/aromatic N) is 4. The monoisotopic (exact) mass is 510 g/mol. The van der Waals surface area contributed by atoms with Crippen LogP contribution in [-0.2, 0) is 9.59 Å². The lowest BCUT2D eigenvalue weighted by Crippen LogP contribution is -2.57. The second kappa shape index (κ2) is 10.8. The van der Waals surface area contributed by atoms with Crippen LogP contribution in [0.25, 0.3) is 0 Å². The SMILES string of the molecule is CCN1C(=O)N(CC(C)C)C2(CCN(C[C@H]3CN(C(=O)CC(C)(C)C)C[C@@H]3c3ccccc3)CC2)C1=O. The molecule has 1 aromatic carbocycles. The molecule has 3 aliphatic heterocycles. The Morgan fingerprint density at radius 3 is 2.27 bits per heavy atom. The van der Waals surface area contributed by atoms with Gasteiger partial charge in [0.2, 0.25) is 5.91 Å². The van der Waals surface area contributed by atoms with Gasteiger partial charge in [-0.15, -0.1) is 0 Å². The third-order valence-electron chi connectivity index (χ3n) is 8.36. The molecule has 4 rings (SSSR count). The van der Waals surface area contributed by atoms with E-state index in [2.05, 4.69) is 68.7 Å². The maximum Gasteiger partial charge on any atom is 0.327 e. The molecule has 4 amide bonds. The molecular weight excluding hydrogens is 464 g/mol. The molecule has 0 radical (unpaired) electrons. The number of piperidine rings is 1. The van der Waals surface area contributed by atoms with Crippen LogP contribution in [0.3, 0.4) is 0 Å². The van der Waals surface area contributed by atoms with Gasteiger partial charge in [0, 0.05) is 58.2 Å². The number of urea groups is 1. The number of carbonyl (C=O) groups excluding carboxylic acids is 3. The Morgan fingerprint density at radius 1 is 1.05 bits per heavy atom. The van der Waals surface area contributed by atoms with Gasteiger partial charge in [-0.2, -0.15) is 0 Å². The lowest BCUT2D eigenvalue weighted by molar-refractivity contribution is -0.136. The van der Waals surface area contributed by atoms with Gasteiger partial charge in [0.05, 0.1) is 0 Å². The molecule has 0 saturated carbocycles. The van der Waals surface area contributed by atoms with Crippen molar-refractivity contribution in [2.24, 2.45) is 17.3 Å². The van der Waals surface area contributed by atoms with E-state index >= 15 is 0 Å². The molecule has 1 spiro atoms. The summed E-state index contributed by atoms with van der Waals surface area (Å²) in [5.74, 6) is 1.20. The predicted octanol–water partition coefficient (Wildman–Crippen LogP) is 4.44. The van der Waals surface area contributed by atoms with E-state index in [1.165, 1.54) is 10.5 Å². The van der Waals surface area contributed by atoms with Crippen LogP contribution in [0.2, 0.25) is 0 Å². The van der Waals surface area contributed by atoms with Crippen LogP contribution >= 0.6 is 0 Å². The van der Waals surface area contributed by atoms with Crippen LogP contribution in [0.1, 0.15) is 72.3 Å². The third-order valence-corrected chi connectivity index (χ3v) is 8.36. The number of rotatable bonds is 7. The molecule has 204 valence electrons. The second-order valence-corrected chi connectivity index (χ2v) is 13.0. The first kappa shape index (κ1) is 27.6. The molecule has 2 atom stereocenters. The summed E-state index contributed by atoms with van der Waals surface area (Å²) >= 11 is 0. The van der Waals surface area contributed by atoms with E-state index in [9.17, 15) is 14.4 Å². The Balaban J connectivity index is 1.47. The molecule has 0 unspecified atom stereocenters. The predicted molar refractivity (Wildman–Crippen MR) is 146 cm³/mol. The summed E-state index contributed by atoms with van der Waals surface area (Å²) in [5.41, 5.74) is 0.570. The number of hydrogen-bond acceptors (Lipinski definition) is 4. The third kappa shape index (κ3) is 5.71. The van der Waals surface area contributed by atoms with Crippen molar-refractivity contribution in [2.45, 2.75) is 72.3 Å². The Labute approximate surface area is 223 Å². The van der Waals surface area contributed by atoms with Crippen molar-refractivity contribution in [3.8, 4) is 0 Å². The Morgan fingerprint density at radius 2 is 1.70 bits per heavy atom. The number of benzene rings is 1. The molecule has 7 heteroatoms. The normalized spacial score (nSPS) is 24.7. The van der Waals surface area contributed by atoms with E-state index in [0.29, 0.717) is 50.1 Å². The summed E-state index contributed by atoms with van der Waals surface area (Å²) in [6.45, 7) is 17.5. The maximum atomic E-state index is 13.4. The molecule has 0 aliphatic carbocycles. The molecule has 0 aromatic heterocycles. The highest BCUT2D eigenvalue weighted by molar-refractivity contribution is 6.07. The Hall–Kier alpha value is -2.41. The fraction of sp³-hybridized carbons (Fsp3) is 0.700. The molecule has 3 fully saturated rings. The Kier molecular flexibility index (Phi) is 8.03. The first-order chi connectivity index (χ1) is 17.4. The molecule has 3 aliphatic rings. The van der Waals surface area contributed by atoms with Gasteiger partial charge in [-0.3, -0.25) is 14.5 Å². The minimum Gasteiger partial charge on any atom is -0.342 e. The number of likely N-dealkylation sites (N-methyl/N-ethyl adjacent to an activating group) is 1. The quantitative estimate of drug-likeness (QED) is 0.509. The minimum atomic E-state index is -0.697. The average molecular weight is 511 g/mol. The van der Waals surface area contributed by atoms with Crippen molar-refractivity contribution >= 4 is 17.8 Å². The summed E-state index contributed by atoms with van der Waals surface area (Å²) in [6.07, 6.45) is 1.91. The molecule has 0 bridgehead atoms. The smallest absolute Gasteiger partial charge is 0.327 e. The zero-order valence-corrected chi connectivity index (χ0v) is 23.7. The van der Waals surface area contributed by atoms with Gasteiger partial charge in [0.15, 0.2) is 0 Å². The minimum absolute atomic E-state index is 0.0118. The van der Waals surface area contributed by atoms with Crippen LogP contribution < -0.4 is 0 Å². The van der Waals surface area contributed by atoms with Crippen LogP contribution in [0.4, 0.5) is 4.79 Å². The number of likely N-dealkylation sites (tertiary alicyclic amines) is 2. The summed E-state index contributed by atoms with van der Waals surface area (Å²) in [5, 5.41) is 0. The van der Waals surface area contributed by atoms with Gasteiger partial charge in [-0.05, 0) is 42.6 Å². The van der Waals surface area contributed by atoms with Crippen molar-refractivity contribution in [1.82, 2.24) is 19.6 Å². The average Bonchev–Trinajstić information content (AvgIpc) is 3.33. The first-order valence-corrected chi connectivity index (χ1v) is 14.1.